The van der Waals surface area contributed by atoms with Crippen molar-refractivity contribution in [1.29, 1.82) is 0 Å². The van der Waals surface area contributed by atoms with Crippen molar-refractivity contribution in [2.24, 2.45) is 0 Å². The zero-order valence-corrected chi connectivity index (χ0v) is 11.2. The summed E-state index contributed by atoms with van der Waals surface area (Å²) in [6.45, 7) is 0. The lowest BCUT2D eigenvalue weighted by Crippen LogP contribution is -2.10. The van der Waals surface area contributed by atoms with Gasteiger partial charge in [-0.25, -0.2) is 0 Å². The van der Waals surface area contributed by atoms with Gasteiger partial charge in [0, 0.05) is 11.5 Å². The van der Waals surface area contributed by atoms with E-state index in [2.05, 4.69) is 32.7 Å². The van der Waals surface area contributed by atoms with Crippen LogP contribution in [0.15, 0.2) is 22.7 Å². The second-order valence-electron chi connectivity index (χ2n) is 4.25. The molecule has 5 heteroatoms. The molecule has 0 radical (unpaired) electrons. The van der Waals surface area contributed by atoms with E-state index in [4.69, 9.17) is 4.52 Å². The standard InChI is InChI=1S/C12H11IN2O2/c13-9-5-4-8(6-10(9)16)12-14-11(15-17-12)7-2-1-3-7/h4-7,16H,1-3H2. The first-order valence-electron chi connectivity index (χ1n) is 5.56. The first kappa shape index (κ1) is 11.0. The van der Waals surface area contributed by atoms with E-state index in [1.165, 1.54) is 6.42 Å². The van der Waals surface area contributed by atoms with Crippen molar-refractivity contribution in [2.45, 2.75) is 25.2 Å². The normalized spacial score (nSPS) is 15.8. The molecule has 2 aromatic rings. The van der Waals surface area contributed by atoms with Crippen LogP contribution in [0.4, 0.5) is 0 Å². The van der Waals surface area contributed by atoms with Crippen LogP contribution in [0.2, 0.25) is 0 Å². The quantitative estimate of drug-likeness (QED) is 0.851. The molecule has 1 fully saturated rings. The van der Waals surface area contributed by atoms with E-state index in [0.717, 1.165) is 27.8 Å². The third-order valence-electron chi connectivity index (χ3n) is 3.11. The number of rotatable bonds is 2. The molecular formula is C12H11IN2O2. The van der Waals surface area contributed by atoms with Crippen molar-refractivity contribution in [2.75, 3.05) is 0 Å². The van der Waals surface area contributed by atoms with E-state index in [1.54, 1.807) is 6.07 Å². The Morgan fingerprint density at radius 3 is 2.82 bits per heavy atom. The summed E-state index contributed by atoms with van der Waals surface area (Å²) in [4.78, 5) is 4.38. The SMILES string of the molecule is Oc1cc(-c2nc(C3CCC3)no2)ccc1I. The Balaban J connectivity index is 1.92. The molecule has 1 aliphatic carbocycles. The maximum Gasteiger partial charge on any atom is 0.258 e. The topological polar surface area (TPSA) is 59.2 Å². The van der Waals surface area contributed by atoms with E-state index in [9.17, 15) is 5.11 Å². The van der Waals surface area contributed by atoms with Gasteiger partial charge in [0.15, 0.2) is 5.82 Å². The molecular weight excluding hydrogens is 331 g/mol. The van der Waals surface area contributed by atoms with Gasteiger partial charge in [-0.1, -0.05) is 11.6 Å². The summed E-state index contributed by atoms with van der Waals surface area (Å²) in [7, 11) is 0. The van der Waals surface area contributed by atoms with Crippen LogP contribution >= 0.6 is 22.6 Å². The average Bonchev–Trinajstić information content (AvgIpc) is 2.69. The summed E-state index contributed by atoms with van der Waals surface area (Å²) >= 11 is 2.07. The molecule has 1 aromatic carbocycles. The molecule has 1 heterocycles. The van der Waals surface area contributed by atoms with Crippen molar-refractivity contribution < 1.29 is 9.63 Å². The maximum atomic E-state index is 9.64. The number of benzene rings is 1. The number of nitrogens with zero attached hydrogens (tertiary/aromatic N) is 2. The maximum absolute atomic E-state index is 9.64. The molecule has 1 aliphatic rings. The summed E-state index contributed by atoms with van der Waals surface area (Å²) in [5.74, 6) is 1.99. The van der Waals surface area contributed by atoms with Crippen LogP contribution in [0.3, 0.4) is 0 Å². The molecule has 0 saturated heterocycles. The number of hydrogen-bond donors (Lipinski definition) is 1. The molecule has 1 saturated carbocycles. The van der Waals surface area contributed by atoms with Gasteiger partial charge in [-0.15, -0.1) is 0 Å². The molecule has 1 aromatic heterocycles. The highest BCUT2D eigenvalue weighted by Gasteiger charge is 2.25. The van der Waals surface area contributed by atoms with Crippen LogP contribution in [-0.4, -0.2) is 15.2 Å². The average molecular weight is 342 g/mol. The van der Waals surface area contributed by atoms with Crippen LogP contribution in [0.25, 0.3) is 11.5 Å². The molecule has 3 rings (SSSR count). The van der Waals surface area contributed by atoms with Crippen LogP contribution in [0, 0.1) is 3.57 Å². The molecule has 1 N–H and O–H groups in total. The monoisotopic (exact) mass is 342 g/mol. The van der Waals surface area contributed by atoms with Gasteiger partial charge in [0.25, 0.3) is 5.89 Å². The highest BCUT2D eigenvalue weighted by Crippen LogP contribution is 2.35. The van der Waals surface area contributed by atoms with E-state index in [0.29, 0.717) is 11.8 Å². The summed E-state index contributed by atoms with van der Waals surface area (Å²) in [6, 6.07) is 5.36. The van der Waals surface area contributed by atoms with E-state index in [-0.39, 0.29) is 5.75 Å². The van der Waals surface area contributed by atoms with E-state index in [1.807, 2.05) is 12.1 Å². The van der Waals surface area contributed by atoms with E-state index < -0.39 is 0 Å². The Morgan fingerprint density at radius 2 is 2.18 bits per heavy atom. The highest BCUT2D eigenvalue weighted by molar-refractivity contribution is 14.1. The number of aromatic hydroxyl groups is 1. The van der Waals surface area contributed by atoms with Gasteiger partial charge in [-0.3, -0.25) is 0 Å². The summed E-state index contributed by atoms with van der Waals surface area (Å²) in [5, 5.41) is 13.6. The molecule has 0 unspecified atom stereocenters. The van der Waals surface area contributed by atoms with Gasteiger partial charge >= 0.3 is 0 Å². The molecule has 0 bridgehead atoms. The minimum absolute atomic E-state index is 0.242. The molecule has 0 atom stereocenters. The van der Waals surface area contributed by atoms with Gasteiger partial charge in [-0.2, -0.15) is 4.98 Å². The predicted molar refractivity (Wildman–Crippen MR) is 70.7 cm³/mol. The Bertz CT molecular complexity index is 549. The third-order valence-corrected chi connectivity index (χ3v) is 4.02. The van der Waals surface area contributed by atoms with Crippen molar-refractivity contribution >= 4 is 22.6 Å². The predicted octanol–water partition coefficient (Wildman–Crippen LogP) is 3.31. The van der Waals surface area contributed by atoms with Crippen molar-refractivity contribution in [1.82, 2.24) is 10.1 Å². The second kappa shape index (κ2) is 4.29. The van der Waals surface area contributed by atoms with E-state index >= 15 is 0 Å². The number of phenolic OH excluding ortho intramolecular Hbond substituents is 1. The first-order chi connectivity index (χ1) is 8.24. The van der Waals surface area contributed by atoms with Crippen molar-refractivity contribution in [3.05, 3.63) is 27.6 Å². The van der Waals surface area contributed by atoms with Crippen LogP contribution in [0.1, 0.15) is 31.0 Å². The number of phenols is 1. The van der Waals surface area contributed by atoms with Gasteiger partial charge in [0.1, 0.15) is 5.75 Å². The fourth-order valence-corrected chi connectivity index (χ4v) is 2.17. The van der Waals surface area contributed by atoms with Gasteiger partial charge in [-0.05, 0) is 53.6 Å². The number of halogens is 1. The Labute approximate surface area is 112 Å². The fraction of sp³-hybridized carbons (Fsp3) is 0.333. The molecule has 88 valence electrons. The molecule has 0 spiro atoms. The van der Waals surface area contributed by atoms with Gasteiger partial charge in [0.2, 0.25) is 0 Å². The lowest BCUT2D eigenvalue weighted by molar-refractivity contribution is 0.366. The summed E-state index contributed by atoms with van der Waals surface area (Å²) in [6.07, 6.45) is 3.55. The Hall–Kier alpha value is -1.11. The zero-order chi connectivity index (χ0) is 11.8. The third kappa shape index (κ3) is 2.03. The largest absolute Gasteiger partial charge is 0.507 e. The first-order valence-corrected chi connectivity index (χ1v) is 6.64. The van der Waals surface area contributed by atoms with Gasteiger partial charge < -0.3 is 9.63 Å². The molecule has 0 aliphatic heterocycles. The number of aromatic nitrogens is 2. The summed E-state index contributed by atoms with van der Waals surface area (Å²) in [5.41, 5.74) is 0.765. The Kier molecular flexibility index (Phi) is 2.78. The fourth-order valence-electron chi connectivity index (χ4n) is 1.83. The van der Waals surface area contributed by atoms with Gasteiger partial charge in [0.05, 0.1) is 3.57 Å². The summed E-state index contributed by atoms with van der Waals surface area (Å²) < 4.78 is 6.04. The lowest BCUT2D eigenvalue weighted by Gasteiger charge is -2.20. The zero-order valence-electron chi connectivity index (χ0n) is 9.06. The molecule has 4 nitrogen and oxygen atoms in total. The molecule has 0 amide bonds. The minimum atomic E-state index is 0.242. The van der Waals surface area contributed by atoms with Crippen LogP contribution in [0.5, 0.6) is 5.75 Å². The van der Waals surface area contributed by atoms with Crippen LogP contribution in [-0.2, 0) is 0 Å². The lowest BCUT2D eigenvalue weighted by atomic mass is 9.85. The minimum Gasteiger partial charge on any atom is -0.507 e. The van der Waals surface area contributed by atoms with Crippen molar-refractivity contribution in [3.8, 4) is 17.2 Å². The second-order valence-corrected chi connectivity index (χ2v) is 5.41. The Morgan fingerprint density at radius 1 is 1.35 bits per heavy atom. The van der Waals surface area contributed by atoms with Crippen molar-refractivity contribution in [3.63, 3.8) is 0 Å². The van der Waals surface area contributed by atoms with Crippen LogP contribution < -0.4 is 0 Å². The molecule has 17 heavy (non-hydrogen) atoms. The highest BCUT2D eigenvalue weighted by atomic mass is 127. The smallest absolute Gasteiger partial charge is 0.258 e. The number of hydrogen-bond acceptors (Lipinski definition) is 4.